The lowest BCUT2D eigenvalue weighted by Gasteiger charge is -2.05. The lowest BCUT2D eigenvalue weighted by atomic mass is 10.1. The van der Waals surface area contributed by atoms with Crippen molar-refractivity contribution in [2.45, 2.75) is 0 Å². The van der Waals surface area contributed by atoms with Crippen LogP contribution < -0.4 is 5.73 Å². The molecule has 3 N–H and O–H groups in total. The number of benzene rings is 1. The highest BCUT2D eigenvalue weighted by atomic mass is 16.4. The summed E-state index contributed by atoms with van der Waals surface area (Å²) in [6, 6.07) is 12.6. The molecular formula is C15H12N4O2. The van der Waals surface area contributed by atoms with Gasteiger partial charge in [0.05, 0.1) is 11.9 Å². The number of nitrogens with zero attached hydrogens (tertiary/aromatic N) is 3. The van der Waals surface area contributed by atoms with E-state index in [9.17, 15) is 4.79 Å². The molecule has 0 bridgehead atoms. The average Bonchev–Trinajstić information content (AvgIpc) is 2.98. The van der Waals surface area contributed by atoms with Crippen LogP contribution in [0.3, 0.4) is 0 Å². The minimum Gasteiger partial charge on any atom is -0.477 e. The molecule has 6 heteroatoms. The molecule has 2 heterocycles. The van der Waals surface area contributed by atoms with Crippen LogP contribution in [0, 0.1) is 0 Å². The molecule has 0 amide bonds. The molecule has 0 atom stereocenters. The molecule has 0 saturated heterocycles. The van der Waals surface area contributed by atoms with Gasteiger partial charge in [-0.3, -0.25) is 0 Å². The van der Waals surface area contributed by atoms with Crippen molar-refractivity contribution in [1.29, 1.82) is 0 Å². The molecular weight excluding hydrogens is 268 g/mol. The highest BCUT2D eigenvalue weighted by Gasteiger charge is 2.11. The Morgan fingerprint density at radius 1 is 1.10 bits per heavy atom. The van der Waals surface area contributed by atoms with Gasteiger partial charge in [-0.2, -0.15) is 5.10 Å². The fourth-order valence-electron chi connectivity index (χ4n) is 1.98. The predicted octanol–water partition coefficient (Wildman–Crippen LogP) is 2.21. The molecule has 3 rings (SSSR count). The van der Waals surface area contributed by atoms with Crippen molar-refractivity contribution in [1.82, 2.24) is 14.8 Å². The van der Waals surface area contributed by atoms with Gasteiger partial charge in [0.2, 0.25) is 0 Å². The number of carboxylic acids is 1. The fourth-order valence-corrected chi connectivity index (χ4v) is 1.98. The summed E-state index contributed by atoms with van der Waals surface area (Å²) in [5.41, 5.74) is 8.06. The summed E-state index contributed by atoms with van der Waals surface area (Å²) in [4.78, 5) is 15.0. The van der Waals surface area contributed by atoms with Crippen molar-refractivity contribution in [3.63, 3.8) is 0 Å². The van der Waals surface area contributed by atoms with E-state index in [1.165, 1.54) is 16.8 Å². The highest BCUT2D eigenvalue weighted by molar-refractivity contribution is 5.86. The van der Waals surface area contributed by atoms with Gasteiger partial charge in [-0.15, -0.1) is 0 Å². The highest BCUT2D eigenvalue weighted by Crippen LogP contribution is 2.21. The SMILES string of the molecule is Nc1ccc(C(=O)O)nc1-n1cc(-c2ccccc2)cn1. The van der Waals surface area contributed by atoms with E-state index in [0.29, 0.717) is 11.5 Å². The van der Waals surface area contributed by atoms with E-state index >= 15 is 0 Å². The number of aromatic carboxylic acids is 1. The van der Waals surface area contributed by atoms with Crippen LogP contribution in [0.4, 0.5) is 5.69 Å². The Morgan fingerprint density at radius 2 is 1.86 bits per heavy atom. The van der Waals surface area contributed by atoms with Crippen LogP contribution in [0.15, 0.2) is 54.9 Å². The molecule has 104 valence electrons. The summed E-state index contributed by atoms with van der Waals surface area (Å²) in [5.74, 6) is -0.802. The van der Waals surface area contributed by atoms with Crippen LogP contribution >= 0.6 is 0 Å². The Kier molecular flexibility index (Phi) is 3.12. The van der Waals surface area contributed by atoms with Gasteiger partial charge in [-0.1, -0.05) is 30.3 Å². The van der Waals surface area contributed by atoms with Gasteiger partial charge in [-0.05, 0) is 17.7 Å². The number of nitrogen functional groups attached to an aromatic ring is 1. The zero-order valence-electron chi connectivity index (χ0n) is 11.0. The quantitative estimate of drug-likeness (QED) is 0.767. The Labute approximate surface area is 120 Å². The van der Waals surface area contributed by atoms with Crippen molar-refractivity contribution in [2.75, 3.05) is 5.73 Å². The number of pyridine rings is 1. The third kappa shape index (κ3) is 2.46. The summed E-state index contributed by atoms with van der Waals surface area (Å²) >= 11 is 0. The summed E-state index contributed by atoms with van der Waals surface area (Å²) in [6.45, 7) is 0. The first-order valence-electron chi connectivity index (χ1n) is 6.25. The monoisotopic (exact) mass is 280 g/mol. The maximum atomic E-state index is 11.0. The van der Waals surface area contributed by atoms with Crippen LogP contribution in [0.1, 0.15) is 10.5 Å². The average molecular weight is 280 g/mol. The summed E-state index contributed by atoms with van der Waals surface area (Å²) in [7, 11) is 0. The number of carbonyl (C=O) groups is 1. The topological polar surface area (TPSA) is 94.0 Å². The minimum absolute atomic E-state index is 0.0732. The molecule has 0 aliphatic rings. The number of hydrogen-bond donors (Lipinski definition) is 2. The molecule has 21 heavy (non-hydrogen) atoms. The van der Waals surface area contributed by atoms with Crippen LogP contribution in [-0.4, -0.2) is 25.8 Å². The van der Waals surface area contributed by atoms with Gasteiger partial charge in [0.15, 0.2) is 11.5 Å². The van der Waals surface area contributed by atoms with Crippen molar-refractivity contribution >= 4 is 11.7 Å². The van der Waals surface area contributed by atoms with E-state index in [0.717, 1.165) is 11.1 Å². The second kappa shape index (κ2) is 5.09. The number of aromatic nitrogens is 3. The van der Waals surface area contributed by atoms with E-state index in [-0.39, 0.29) is 5.69 Å². The number of rotatable bonds is 3. The van der Waals surface area contributed by atoms with Crippen molar-refractivity contribution in [3.05, 3.63) is 60.6 Å². The molecule has 0 radical (unpaired) electrons. The lowest BCUT2D eigenvalue weighted by molar-refractivity contribution is 0.0690. The fraction of sp³-hybridized carbons (Fsp3) is 0. The Bertz CT molecular complexity index is 796. The smallest absolute Gasteiger partial charge is 0.354 e. The van der Waals surface area contributed by atoms with Gasteiger partial charge in [-0.25, -0.2) is 14.5 Å². The first kappa shape index (κ1) is 12.9. The molecule has 0 fully saturated rings. The van der Waals surface area contributed by atoms with E-state index in [1.807, 2.05) is 30.3 Å². The third-order valence-corrected chi connectivity index (χ3v) is 3.03. The standard InChI is InChI=1S/C15H12N4O2/c16-12-6-7-13(15(20)21)18-14(12)19-9-11(8-17-19)10-4-2-1-3-5-10/h1-9H,16H2,(H,20,21). The zero-order valence-corrected chi connectivity index (χ0v) is 11.0. The third-order valence-electron chi connectivity index (χ3n) is 3.03. The van der Waals surface area contributed by atoms with Gasteiger partial charge in [0, 0.05) is 11.8 Å². The number of carboxylic acid groups (broad SMARTS) is 1. The molecule has 1 aromatic carbocycles. The van der Waals surface area contributed by atoms with Crippen LogP contribution in [0.5, 0.6) is 0 Å². The molecule has 2 aromatic heterocycles. The van der Waals surface area contributed by atoms with Gasteiger partial charge < -0.3 is 10.8 Å². The molecule has 3 aromatic rings. The Hall–Kier alpha value is -3.15. The summed E-state index contributed by atoms with van der Waals surface area (Å²) in [6.07, 6.45) is 3.45. The molecule has 0 aliphatic carbocycles. The maximum Gasteiger partial charge on any atom is 0.354 e. The summed E-state index contributed by atoms with van der Waals surface area (Å²) < 4.78 is 1.48. The van der Waals surface area contributed by atoms with Gasteiger partial charge in [0.1, 0.15) is 0 Å². The molecule has 0 unspecified atom stereocenters. The second-order valence-corrected chi connectivity index (χ2v) is 4.45. The van der Waals surface area contributed by atoms with E-state index in [2.05, 4.69) is 10.1 Å². The largest absolute Gasteiger partial charge is 0.477 e. The Balaban J connectivity index is 2.04. The second-order valence-electron chi connectivity index (χ2n) is 4.45. The maximum absolute atomic E-state index is 11.0. The zero-order chi connectivity index (χ0) is 14.8. The molecule has 6 nitrogen and oxygen atoms in total. The predicted molar refractivity (Wildman–Crippen MR) is 78.2 cm³/mol. The van der Waals surface area contributed by atoms with Crippen molar-refractivity contribution < 1.29 is 9.90 Å². The van der Waals surface area contributed by atoms with Crippen LogP contribution in [-0.2, 0) is 0 Å². The number of anilines is 1. The van der Waals surface area contributed by atoms with E-state index < -0.39 is 5.97 Å². The minimum atomic E-state index is -1.10. The lowest BCUT2D eigenvalue weighted by Crippen LogP contribution is -2.08. The normalized spacial score (nSPS) is 10.5. The molecule has 0 spiro atoms. The van der Waals surface area contributed by atoms with E-state index in [4.69, 9.17) is 10.8 Å². The molecule has 0 aliphatic heterocycles. The first-order valence-corrected chi connectivity index (χ1v) is 6.25. The van der Waals surface area contributed by atoms with Crippen molar-refractivity contribution in [3.8, 4) is 16.9 Å². The Morgan fingerprint density at radius 3 is 2.57 bits per heavy atom. The van der Waals surface area contributed by atoms with Crippen molar-refractivity contribution in [2.24, 2.45) is 0 Å². The first-order chi connectivity index (χ1) is 10.1. The summed E-state index contributed by atoms with van der Waals surface area (Å²) in [5, 5.41) is 13.2. The van der Waals surface area contributed by atoms with Crippen LogP contribution in [0.2, 0.25) is 0 Å². The van der Waals surface area contributed by atoms with Gasteiger partial charge in [0.25, 0.3) is 0 Å². The van der Waals surface area contributed by atoms with E-state index in [1.54, 1.807) is 12.4 Å². The molecule has 0 saturated carbocycles. The van der Waals surface area contributed by atoms with Crippen LogP contribution in [0.25, 0.3) is 16.9 Å². The number of nitrogens with two attached hydrogens (primary N) is 1. The van der Waals surface area contributed by atoms with Gasteiger partial charge >= 0.3 is 5.97 Å². The number of hydrogen-bond acceptors (Lipinski definition) is 4.